The van der Waals surface area contributed by atoms with Crippen molar-refractivity contribution >= 4 is 41.4 Å². The highest BCUT2D eigenvalue weighted by atomic mass is 35.5. The lowest BCUT2D eigenvalue weighted by atomic mass is 10.1. The number of nitrogens with zero attached hydrogens (tertiary/aromatic N) is 5. The quantitative estimate of drug-likeness (QED) is 0.490. The number of benzene rings is 1. The summed E-state index contributed by atoms with van der Waals surface area (Å²) in [5.74, 6) is 0.499. The molecule has 0 fully saturated rings. The highest BCUT2D eigenvalue weighted by molar-refractivity contribution is 6.34. The monoisotopic (exact) mass is 319 g/mol. The first-order valence-corrected chi connectivity index (χ1v) is 6.70. The lowest BCUT2D eigenvalue weighted by molar-refractivity contribution is 0.891. The number of rotatable bonds is 4. The van der Waals surface area contributed by atoms with Gasteiger partial charge in [0.05, 0.1) is 11.6 Å². The summed E-state index contributed by atoms with van der Waals surface area (Å²) in [6.07, 6.45) is 0. The van der Waals surface area contributed by atoms with Crippen molar-refractivity contribution in [2.75, 3.05) is 11.9 Å². The Hall–Kier alpha value is -2.16. The molecule has 0 spiro atoms. The van der Waals surface area contributed by atoms with Crippen molar-refractivity contribution in [3.8, 4) is 6.07 Å². The van der Waals surface area contributed by atoms with Gasteiger partial charge in [0.1, 0.15) is 5.69 Å². The molecule has 1 aromatic heterocycles. The van der Waals surface area contributed by atoms with Gasteiger partial charge in [-0.15, -0.1) is 0 Å². The molecule has 0 saturated heterocycles. The normalized spacial score (nSPS) is 10.0. The van der Waals surface area contributed by atoms with Crippen LogP contribution >= 0.6 is 23.2 Å². The Morgan fingerprint density at radius 3 is 2.52 bits per heavy atom. The first kappa shape index (κ1) is 15.2. The maximum absolute atomic E-state index is 8.79. The van der Waals surface area contributed by atoms with Crippen molar-refractivity contribution in [3.63, 3.8) is 0 Å². The zero-order valence-corrected chi connectivity index (χ0v) is 12.7. The summed E-state index contributed by atoms with van der Waals surface area (Å²) in [5, 5.41) is 9.00. The van der Waals surface area contributed by atoms with Crippen LogP contribution in [0.5, 0.6) is 0 Å². The van der Waals surface area contributed by atoms with E-state index < -0.39 is 0 Å². The number of hydrogen-bond acceptors (Lipinski definition) is 5. The second-order valence-corrected chi connectivity index (χ2v) is 4.97. The van der Waals surface area contributed by atoms with Crippen LogP contribution in [0.1, 0.15) is 11.1 Å². The number of aromatic nitrogens is 2. The summed E-state index contributed by atoms with van der Waals surface area (Å²) in [5.41, 5.74) is 2.01. The molecule has 0 N–H and O–H groups in total. The molecular formula is C14H11Cl2N5. The van der Waals surface area contributed by atoms with Crippen molar-refractivity contribution in [2.45, 2.75) is 6.54 Å². The smallest absolute Gasteiger partial charge is 0.225 e. The van der Waals surface area contributed by atoms with Gasteiger partial charge >= 0.3 is 0 Å². The van der Waals surface area contributed by atoms with Crippen LogP contribution in [-0.2, 0) is 6.54 Å². The van der Waals surface area contributed by atoms with Crippen LogP contribution < -0.4 is 4.90 Å². The van der Waals surface area contributed by atoms with Crippen molar-refractivity contribution in [1.82, 2.24) is 9.97 Å². The molecule has 2 rings (SSSR count). The van der Waals surface area contributed by atoms with Crippen LogP contribution in [0.4, 0.5) is 11.5 Å². The topological polar surface area (TPSA) is 65.2 Å². The van der Waals surface area contributed by atoms with E-state index >= 15 is 0 Å². The number of hydrogen-bond donors (Lipinski definition) is 0. The molecule has 0 aliphatic heterocycles. The molecule has 1 aromatic carbocycles. The van der Waals surface area contributed by atoms with Gasteiger partial charge < -0.3 is 4.90 Å². The average molecular weight is 320 g/mol. The molecule has 106 valence electrons. The predicted molar refractivity (Wildman–Crippen MR) is 84.5 cm³/mol. The maximum atomic E-state index is 8.79. The molecule has 0 radical (unpaired) electrons. The molecule has 0 bridgehead atoms. The lowest BCUT2D eigenvalue weighted by Crippen LogP contribution is -2.18. The third kappa shape index (κ3) is 3.48. The molecule has 0 unspecified atom stereocenters. The van der Waals surface area contributed by atoms with Gasteiger partial charge in [-0.2, -0.15) is 10.2 Å². The molecule has 2 aromatic rings. The standard InChI is InChI=1S/C14H11Cl2N5/c1-18-11-12(15)19-14(16)20-13(11)21(2)8-10-5-3-9(7-17)4-6-10/h3-6H,1,8H2,2H3. The zero-order chi connectivity index (χ0) is 15.4. The molecule has 7 heteroatoms. The Morgan fingerprint density at radius 1 is 1.29 bits per heavy atom. The fourth-order valence-electron chi connectivity index (χ4n) is 1.83. The van der Waals surface area contributed by atoms with Gasteiger partial charge in [0.15, 0.2) is 11.0 Å². The van der Waals surface area contributed by atoms with E-state index in [2.05, 4.69) is 27.7 Å². The summed E-state index contributed by atoms with van der Waals surface area (Å²) in [7, 11) is 1.84. The summed E-state index contributed by atoms with van der Waals surface area (Å²) in [6, 6.07) is 9.35. The lowest BCUT2D eigenvalue weighted by Gasteiger charge is -2.20. The van der Waals surface area contributed by atoms with Gasteiger partial charge in [0, 0.05) is 13.6 Å². The first-order chi connectivity index (χ1) is 10.0. The van der Waals surface area contributed by atoms with Crippen LogP contribution in [0.3, 0.4) is 0 Å². The van der Waals surface area contributed by atoms with E-state index in [4.69, 9.17) is 28.5 Å². The Balaban J connectivity index is 2.29. The Bertz CT molecular complexity index is 707. The number of aliphatic imine (C=N–C) groups is 1. The van der Waals surface area contributed by atoms with Gasteiger partial charge in [0.2, 0.25) is 5.28 Å². The van der Waals surface area contributed by atoms with Crippen molar-refractivity contribution < 1.29 is 0 Å². The molecule has 5 nitrogen and oxygen atoms in total. The summed E-state index contributed by atoms with van der Waals surface area (Å²) in [6.45, 7) is 4.03. The molecular weight excluding hydrogens is 309 g/mol. The average Bonchev–Trinajstić information content (AvgIpc) is 2.47. The Kier molecular flexibility index (Phi) is 4.73. The minimum Gasteiger partial charge on any atom is -0.353 e. The minimum atomic E-state index is 0.0501. The minimum absolute atomic E-state index is 0.0501. The SMILES string of the molecule is C=Nc1c(Cl)nc(Cl)nc1N(C)Cc1ccc(C#N)cc1. The van der Waals surface area contributed by atoms with E-state index in [0.29, 0.717) is 23.6 Å². The van der Waals surface area contributed by atoms with Crippen LogP contribution in [0, 0.1) is 11.3 Å². The Morgan fingerprint density at radius 2 is 1.95 bits per heavy atom. The van der Waals surface area contributed by atoms with Gasteiger partial charge in [-0.05, 0) is 36.0 Å². The number of anilines is 1. The zero-order valence-electron chi connectivity index (χ0n) is 11.2. The van der Waals surface area contributed by atoms with Gasteiger partial charge in [-0.1, -0.05) is 23.7 Å². The highest BCUT2D eigenvalue weighted by Crippen LogP contribution is 2.33. The van der Waals surface area contributed by atoms with Crippen LogP contribution in [0.25, 0.3) is 0 Å². The maximum Gasteiger partial charge on any atom is 0.225 e. The second kappa shape index (κ2) is 6.53. The van der Waals surface area contributed by atoms with Crippen LogP contribution in [-0.4, -0.2) is 23.7 Å². The molecule has 1 heterocycles. The molecule has 0 aliphatic carbocycles. The summed E-state index contributed by atoms with van der Waals surface area (Å²) < 4.78 is 0. The van der Waals surface area contributed by atoms with E-state index in [-0.39, 0.29) is 10.4 Å². The van der Waals surface area contributed by atoms with E-state index in [9.17, 15) is 0 Å². The van der Waals surface area contributed by atoms with E-state index in [1.807, 2.05) is 24.1 Å². The fourth-order valence-corrected chi connectivity index (χ4v) is 2.26. The molecule has 0 saturated carbocycles. The largest absolute Gasteiger partial charge is 0.353 e. The second-order valence-electron chi connectivity index (χ2n) is 4.28. The van der Waals surface area contributed by atoms with Crippen LogP contribution in [0.2, 0.25) is 10.4 Å². The third-order valence-electron chi connectivity index (χ3n) is 2.82. The van der Waals surface area contributed by atoms with Crippen LogP contribution in [0.15, 0.2) is 29.3 Å². The Labute approximate surface area is 132 Å². The predicted octanol–water partition coefficient (Wildman–Crippen LogP) is 3.62. The van der Waals surface area contributed by atoms with E-state index in [0.717, 1.165) is 5.56 Å². The van der Waals surface area contributed by atoms with E-state index in [1.54, 1.807) is 12.1 Å². The van der Waals surface area contributed by atoms with Crippen molar-refractivity contribution in [2.24, 2.45) is 4.99 Å². The molecule has 0 amide bonds. The van der Waals surface area contributed by atoms with Gasteiger partial charge in [0.25, 0.3) is 0 Å². The van der Waals surface area contributed by atoms with Crippen molar-refractivity contribution in [1.29, 1.82) is 5.26 Å². The number of halogens is 2. The molecule has 0 atom stereocenters. The number of nitriles is 1. The fraction of sp³-hybridized carbons (Fsp3) is 0.143. The van der Waals surface area contributed by atoms with E-state index in [1.165, 1.54) is 0 Å². The first-order valence-electron chi connectivity index (χ1n) is 5.95. The summed E-state index contributed by atoms with van der Waals surface area (Å²) >= 11 is 11.8. The molecule has 21 heavy (non-hydrogen) atoms. The summed E-state index contributed by atoms with van der Waals surface area (Å²) in [4.78, 5) is 13.7. The molecule has 0 aliphatic rings. The third-order valence-corrected chi connectivity index (χ3v) is 3.25. The highest BCUT2D eigenvalue weighted by Gasteiger charge is 2.15. The van der Waals surface area contributed by atoms with Gasteiger partial charge in [-0.25, -0.2) is 4.98 Å². The van der Waals surface area contributed by atoms with Crippen molar-refractivity contribution in [3.05, 3.63) is 45.8 Å². The van der Waals surface area contributed by atoms with Gasteiger partial charge in [-0.3, -0.25) is 4.99 Å².